The Labute approximate surface area is 180 Å². The zero-order valence-corrected chi connectivity index (χ0v) is 18.8. The molecule has 30 heavy (non-hydrogen) atoms. The predicted molar refractivity (Wildman–Crippen MR) is 114 cm³/mol. The summed E-state index contributed by atoms with van der Waals surface area (Å²) >= 11 is 0.954. The van der Waals surface area contributed by atoms with Crippen molar-refractivity contribution in [3.8, 4) is 6.07 Å². The number of methoxy groups -OCH3 is 1. The second-order valence-corrected chi connectivity index (χ2v) is 9.59. The Balaban J connectivity index is 2.24. The number of amides is 1. The number of nitrogens with one attached hydrogen (secondary N) is 1. The van der Waals surface area contributed by atoms with Gasteiger partial charge in [-0.25, -0.2) is 17.5 Å². The lowest BCUT2D eigenvalue weighted by Gasteiger charge is -2.16. The molecular weight excluding hydrogens is 426 g/mol. The minimum atomic E-state index is -3.63. The van der Waals surface area contributed by atoms with Crippen LogP contribution in [0.5, 0.6) is 0 Å². The molecule has 0 fully saturated rings. The van der Waals surface area contributed by atoms with Gasteiger partial charge >= 0.3 is 5.97 Å². The first-order valence-corrected chi connectivity index (χ1v) is 11.4. The fourth-order valence-corrected chi connectivity index (χ4v) is 4.94. The van der Waals surface area contributed by atoms with Gasteiger partial charge in [0.05, 0.1) is 17.6 Å². The summed E-state index contributed by atoms with van der Waals surface area (Å²) in [5.41, 5.74) is 0.839. The summed E-state index contributed by atoms with van der Waals surface area (Å²) in [6.45, 7) is 4.00. The van der Waals surface area contributed by atoms with E-state index in [-0.39, 0.29) is 25.9 Å². The molecule has 8 nitrogen and oxygen atoms in total. The predicted octanol–water partition coefficient (Wildman–Crippen LogP) is 3.39. The standard InChI is InChI=1S/C20H23N3O5S2/c1-5-6-11-23(3)30(26,27)15-9-7-14(8-10-15)18(24)22-19-16(12-21)13(2)17(29-19)20(25)28-4/h7-10H,5-6,11H2,1-4H3,(H,22,24). The van der Waals surface area contributed by atoms with Crippen LogP contribution in [0.4, 0.5) is 5.00 Å². The van der Waals surface area contributed by atoms with Crippen LogP contribution in [0.3, 0.4) is 0 Å². The average Bonchev–Trinajstić information content (AvgIpc) is 3.06. The van der Waals surface area contributed by atoms with Gasteiger partial charge in [-0.3, -0.25) is 4.79 Å². The van der Waals surface area contributed by atoms with Crippen LogP contribution in [0.25, 0.3) is 0 Å². The highest BCUT2D eigenvalue weighted by atomic mass is 32.2. The highest BCUT2D eigenvalue weighted by Crippen LogP contribution is 2.33. The van der Waals surface area contributed by atoms with Gasteiger partial charge in [-0.15, -0.1) is 11.3 Å². The van der Waals surface area contributed by atoms with Crippen LogP contribution in [0, 0.1) is 18.3 Å². The van der Waals surface area contributed by atoms with Gasteiger partial charge in [-0.05, 0) is 43.2 Å². The van der Waals surface area contributed by atoms with Crippen LogP contribution < -0.4 is 5.32 Å². The van der Waals surface area contributed by atoms with Gasteiger partial charge in [-0.1, -0.05) is 13.3 Å². The number of esters is 1. The number of carbonyl (C=O) groups excluding carboxylic acids is 2. The third-order valence-electron chi connectivity index (χ3n) is 4.51. The van der Waals surface area contributed by atoms with Crippen molar-refractivity contribution in [3.63, 3.8) is 0 Å². The molecule has 1 heterocycles. The van der Waals surface area contributed by atoms with E-state index in [2.05, 4.69) is 5.32 Å². The van der Waals surface area contributed by atoms with E-state index in [0.29, 0.717) is 12.1 Å². The van der Waals surface area contributed by atoms with E-state index in [1.165, 1.54) is 42.7 Å². The van der Waals surface area contributed by atoms with E-state index in [4.69, 9.17) is 4.74 Å². The number of rotatable bonds is 8. The number of hydrogen-bond acceptors (Lipinski definition) is 7. The molecule has 0 saturated heterocycles. The largest absolute Gasteiger partial charge is 0.465 e. The fraction of sp³-hybridized carbons (Fsp3) is 0.350. The smallest absolute Gasteiger partial charge is 0.348 e. The number of nitriles is 1. The Kier molecular flexibility index (Phi) is 7.72. The Morgan fingerprint density at radius 1 is 1.27 bits per heavy atom. The molecule has 0 spiro atoms. The molecule has 0 aliphatic rings. The highest BCUT2D eigenvalue weighted by molar-refractivity contribution is 7.89. The first kappa shape index (κ1) is 23.5. The first-order chi connectivity index (χ1) is 14.2. The van der Waals surface area contributed by atoms with Gasteiger partial charge in [0.2, 0.25) is 10.0 Å². The van der Waals surface area contributed by atoms with Gasteiger partial charge in [0, 0.05) is 19.2 Å². The van der Waals surface area contributed by atoms with E-state index < -0.39 is 21.9 Å². The lowest BCUT2D eigenvalue weighted by atomic mass is 10.1. The number of anilines is 1. The van der Waals surface area contributed by atoms with Crippen molar-refractivity contribution >= 4 is 38.2 Å². The second-order valence-electron chi connectivity index (χ2n) is 6.52. The van der Waals surface area contributed by atoms with Gasteiger partial charge in [0.1, 0.15) is 15.9 Å². The maximum Gasteiger partial charge on any atom is 0.348 e. The molecule has 2 rings (SSSR count). The third kappa shape index (κ3) is 4.87. The lowest BCUT2D eigenvalue weighted by molar-refractivity contribution is 0.0605. The summed E-state index contributed by atoms with van der Waals surface area (Å²) in [5, 5.41) is 12.2. The summed E-state index contributed by atoms with van der Waals surface area (Å²) in [4.78, 5) is 24.7. The van der Waals surface area contributed by atoms with Crippen molar-refractivity contribution in [1.82, 2.24) is 4.31 Å². The monoisotopic (exact) mass is 449 g/mol. The molecule has 0 atom stereocenters. The normalized spacial score (nSPS) is 11.2. The van der Waals surface area contributed by atoms with Gasteiger partial charge in [0.15, 0.2) is 0 Å². The van der Waals surface area contributed by atoms with Crippen molar-refractivity contribution in [3.05, 3.63) is 45.8 Å². The molecule has 10 heteroatoms. The van der Waals surface area contributed by atoms with Crippen molar-refractivity contribution in [1.29, 1.82) is 5.26 Å². The van der Waals surface area contributed by atoms with Gasteiger partial charge in [0.25, 0.3) is 5.91 Å². The van der Waals surface area contributed by atoms with Crippen LogP contribution in [-0.4, -0.2) is 45.3 Å². The SMILES string of the molecule is CCCCN(C)S(=O)(=O)c1ccc(C(=O)Nc2sc(C(=O)OC)c(C)c2C#N)cc1. The highest BCUT2D eigenvalue weighted by Gasteiger charge is 2.23. The summed E-state index contributed by atoms with van der Waals surface area (Å²) in [5.74, 6) is -1.11. The molecular formula is C20H23N3O5S2. The molecule has 1 aromatic carbocycles. The van der Waals surface area contributed by atoms with Crippen molar-refractivity contribution in [2.24, 2.45) is 0 Å². The summed E-state index contributed by atoms with van der Waals surface area (Å²) in [6.07, 6.45) is 1.63. The van der Waals surface area contributed by atoms with Crippen LogP contribution >= 0.6 is 11.3 Å². The Bertz CT molecular complexity index is 1080. The molecule has 0 unspecified atom stereocenters. The fourth-order valence-electron chi connectivity index (χ4n) is 2.66. The van der Waals surface area contributed by atoms with E-state index in [0.717, 1.165) is 24.2 Å². The molecule has 1 aromatic heterocycles. The maximum atomic E-state index is 12.6. The molecule has 0 radical (unpaired) electrons. The number of unbranched alkanes of at least 4 members (excludes halogenated alkanes) is 1. The van der Waals surface area contributed by atoms with Crippen LogP contribution in [0.2, 0.25) is 0 Å². The second kappa shape index (κ2) is 9.84. The number of nitrogens with zero attached hydrogens (tertiary/aromatic N) is 2. The molecule has 0 aliphatic carbocycles. The van der Waals surface area contributed by atoms with E-state index >= 15 is 0 Å². The minimum Gasteiger partial charge on any atom is -0.465 e. The van der Waals surface area contributed by atoms with Gasteiger partial charge < -0.3 is 10.1 Å². The topological polar surface area (TPSA) is 117 Å². The number of ether oxygens (including phenoxy) is 1. The first-order valence-electron chi connectivity index (χ1n) is 9.16. The molecule has 0 saturated carbocycles. The maximum absolute atomic E-state index is 12.6. The lowest BCUT2D eigenvalue weighted by Crippen LogP contribution is -2.28. The average molecular weight is 450 g/mol. The molecule has 2 aromatic rings. The Hall–Kier alpha value is -2.74. The van der Waals surface area contributed by atoms with Crippen molar-refractivity contribution in [2.75, 3.05) is 26.0 Å². The Morgan fingerprint density at radius 2 is 1.90 bits per heavy atom. The van der Waals surface area contributed by atoms with Gasteiger partial charge in [-0.2, -0.15) is 5.26 Å². The summed E-state index contributed by atoms with van der Waals surface area (Å²) in [6, 6.07) is 7.54. The van der Waals surface area contributed by atoms with Crippen LogP contribution in [0.1, 0.15) is 50.9 Å². The van der Waals surface area contributed by atoms with E-state index in [1.54, 1.807) is 6.92 Å². The molecule has 0 aliphatic heterocycles. The zero-order valence-electron chi connectivity index (χ0n) is 17.2. The summed E-state index contributed by atoms with van der Waals surface area (Å²) in [7, 11) is -0.871. The van der Waals surface area contributed by atoms with Crippen molar-refractivity contribution < 1.29 is 22.7 Å². The molecule has 160 valence electrons. The number of thiophene rings is 1. The zero-order chi connectivity index (χ0) is 22.5. The van der Waals surface area contributed by atoms with E-state index in [1.807, 2.05) is 13.0 Å². The van der Waals surface area contributed by atoms with Crippen molar-refractivity contribution in [2.45, 2.75) is 31.6 Å². The number of hydrogen-bond donors (Lipinski definition) is 1. The summed E-state index contributed by atoms with van der Waals surface area (Å²) < 4.78 is 31.1. The number of sulfonamides is 1. The molecule has 1 N–H and O–H groups in total. The quantitative estimate of drug-likeness (QED) is 0.618. The molecule has 1 amide bonds. The number of carbonyl (C=O) groups is 2. The molecule has 0 bridgehead atoms. The van der Waals surface area contributed by atoms with Crippen LogP contribution in [-0.2, 0) is 14.8 Å². The van der Waals surface area contributed by atoms with Crippen LogP contribution in [0.15, 0.2) is 29.2 Å². The number of benzene rings is 1. The third-order valence-corrected chi connectivity index (χ3v) is 7.57. The van der Waals surface area contributed by atoms with E-state index in [9.17, 15) is 23.3 Å². The minimum absolute atomic E-state index is 0.0929. The Morgan fingerprint density at radius 3 is 2.43 bits per heavy atom.